The van der Waals surface area contributed by atoms with Crippen molar-refractivity contribution in [1.82, 2.24) is 0 Å². The summed E-state index contributed by atoms with van der Waals surface area (Å²) in [6.45, 7) is 8.94. The average Bonchev–Trinajstić information content (AvgIpc) is 3.18. The van der Waals surface area contributed by atoms with Crippen molar-refractivity contribution in [1.29, 1.82) is 0 Å². The summed E-state index contributed by atoms with van der Waals surface area (Å²) in [6, 6.07) is 13.7. The lowest BCUT2D eigenvalue weighted by Gasteiger charge is -2.27. The second-order valence-corrected chi connectivity index (χ2v) is 8.03. The summed E-state index contributed by atoms with van der Waals surface area (Å²) in [4.78, 5) is 0. The molecule has 4 atom stereocenters. The third-order valence-corrected chi connectivity index (χ3v) is 6.06. The van der Waals surface area contributed by atoms with Crippen LogP contribution in [0.4, 0.5) is 0 Å². The third kappa shape index (κ3) is 3.11. The fourth-order valence-electron chi connectivity index (χ4n) is 4.85. The molecule has 0 radical (unpaired) electrons. The smallest absolute Gasteiger partial charge is 0.123 e. The van der Waals surface area contributed by atoms with E-state index in [-0.39, 0.29) is 0 Å². The predicted molar refractivity (Wildman–Crippen MR) is 107 cm³/mol. The molecule has 2 heteroatoms. The van der Waals surface area contributed by atoms with Crippen LogP contribution in [0.2, 0.25) is 0 Å². The van der Waals surface area contributed by atoms with Crippen LogP contribution in [-0.2, 0) is 12.8 Å². The van der Waals surface area contributed by atoms with Crippen molar-refractivity contribution in [2.45, 2.75) is 77.4 Å². The van der Waals surface area contributed by atoms with Gasteiger partial charge in [-0.25, -0.2) is 0 Å². The molecule has 0 unspecified atom stereocenters. The van der Waals surface area contributed by atoms with Gasteiger partial charge in [0.25, 0.3) is 0 Å². The molecule has 4 rings (SSSR count). The molecule has 2 heterocycles. The first-order valence-electron chi connectivity index (χ1n) is 10.2. The van der Waals surface area contributed by atoms with E-state index in [9.17, 15) is 0 Å². The van der Waals surface area contributed by atoms with E-state index in [1.807, 2.05) is 0 Å². The van der Waals surface area contributed by atoms with Crippen LogP contribution in [0.15, 0.2) is 36.4 Å². The number of hydrogen-bond donors (Lipinski definition) is 0. The van der Waals surface area contributed by atoms with E-state index in [1.54, 1.807) is 0 Å². The normalized spacial score (nSPS) is 22.9. The van der Waals surface area contributed by atoms with E-state index in [2.05, 4.69) is 64.1 Å². The number of benzene rings is 2. The van der Waals surface area contributed by atoms with Gasteiger partial charge in [0.2, 0.25) is 0 Å². The van der Waals surface area contributed by atoms with Gasteiger partial charge < -0.3 is 9.47 Å². The molecule has 0 bridgehead atoms. The molecule has 138 valence electrons. The van der Waals surface area contributed by atoms with E-state index in [0.29, 0.717) is 24.0 Å². The first-order valence-corrected chi connectivity index (χ1v) is 10.2. The van der Waals surface area contributed by atoms with E-state index < -0.39 is 0 Å². The number of ether oxygens (including phenoxy) is 2. The van der Waals surface area contributed by atoms with Gasteiger partial charge in [-0.1, -0.05) is 38.1 Å². The van der Waals surface area contributed by atoms with Crippen LogP contribution in [0.3, 0.4) is 0 Å². The molecule has 0 fully saturated rings. The van der Waals surface area contributed by atoms with Crippen LogP contribution in [0.25, 0.3) is 0 Å². The van der Waals surface area contributed by atoms with Crippen molar-refractivity contribution < 1.29 is 9.47 Å². The Morgan fingerprint density at radius 1 is 0.769 bits per heavy atom. The van der Waals surface area contributed by atoms with Gasteiger partial charge in [0.05, 0.1) is 0 Å². The highest BCUT2D eigenvalue weighted by Crippen LogP contribution is 2.42. The summed E-state index contributed by atoms with van der Waals surface area (Å²) in [5, 5.41) is 0. The first-order chi connectivity index (χ1) is 12.6. The Hall–Kier alpha value is -1.96. The summed E-state index contributed by atoms with van der Waals surface area (Å²) >= 11 is 0. The van der Waals surface area contributed by atoms with Gasteiger partial charge in [0, 0.05) is 12.8 Å². The quantitative estimate of drug-likeness (QED) is 0.656. The minimum atomic E-state index is 0.306. The average molecular weight is 351 g/mol. The van der Waals surface area contributed by atoms with E-state index >= 15 is 0 Å². The Kier molecular flexibility index (Phi) is 4.69. The Morgan fingerprint density at radius 2 is 1.19 bits per heavy atom. The van der Waals surface area contributed by atoms with Crippen molar-refractivity contribution in [3.8, 4) is 11.5 Å². The zero-order valence-corrected chi connectivity index (χ0v) is 16.4. The molecule has 0 saturated heterocycles. The first kappa shape index (κ1) is 17.5. The molecule has 0 aromatic heterocycles. The molecule has 0 saturated carbocycles. The van der Waals surface area contributed by atoms with Crippen LogP contribution < -0.4 is 9.47 Å². The molecule has 0 spiro atoms. The Labute approximate surface area is 157 Å². The van der Waals surface area contributed by atoms with Gasteiger partial charge >= 0.3 is 0 Å². The lowest BCUT2D eigenvalue weighted by molar-refractivity contribution is 0.254. The van der Waals surface area contributed by atoms with Crippen molar-refractivity contribution >= 4 is 0 Å². The zero-order chi connectivity index (χ0) is 18.3. The highest BCUT2D eigenvalue weighted by atomic mass is 16.5. The fourth-order valence-corrected chi connectivity index (χ4v) is 4.85. The summed E-state index contributed by atoms with van der Waals surface area (Å²) in [6.07, 6.45) is 4.98. The van der Waals surface area contributed by atoms with E-state index in [4.69, 9.17) is 9.47 Å². The number of rotatable bonds is 5. The Morgan fingerprint density at radius 3 is 1.58 bits per heavy atom. The van der Waals surface area contributed by atoms with Crippen LogP contribution in [-0.4, -0.2) is 12.2 Å². The Balaban J connectivity index is 1.65. The summed E-state index contributed by atoms with van der Waals surface area (Å²) in [5.41, 5.74) is 5.67. The minimum absolute atomic E-state index is 0.306. The van der Waals surface area contributed by atoms with Gasteiger partial charge in [-0.2, -0.15) is 0 Å². The molecule has 0 N–H and O–H groups in total. The standard InChI is InChI=1S/C24H30O2/c1-5-21(17-7-9-23-19(13-17)11-15(3)25-23)22(6-2)18-8-10-24-20(14-18)12-16(4)26-24/h7-10,13-16,21-22H,5-6,11-12H2,1-4H3/t15-,16+,21-,22-/m0/s1. The summed E-state index contributed by atoms with van der Waals surface area (Å²) in [5.74, 6) is 3.23. The molecular formula is C24H30O2. The van der Waals surface area contributed by atoms with Crippen molar-refractivity contribution in [3.63, 3.8) is 0 Å². The molecule has 26 heavy (non-hydrogen) atoms. The molecule has 0 amide bonds. The monoisotopic (exact) mass is 350 g/mol. The van der Waals surface area contributed by atoms with Gasteiger partial charge in [-0.15, -0.1) is 0 Å². The largest absolute Gasteiger partial charge is 0.490 e. The predicted octanol–water partition coefficient (Wildman–Crippen LogP) is 6.02. The van der Waals surface area contributed by atoms with Crippen LogP contribution in [0.1, 0.15) is 74.6 Å². The van der Waals surface area contributed by atoms with E-state index in [0.717, 1.165) is 37.2 Å². The molecule has 0 aliphatic carbocycles. The van der Waals surface area contributed by atoms with Gasteiger partial charge in [0.15, 0.2) is 0 Å². The van der Waals surface area contributed by atoms with E-state index in [1.165, 1.54) is 22.3 Å². The lowest BCUT2D eigenvalue weighted by Crippen LogP contribution is -2.11. The minimum Gasteiger partial charge on any atom is -0.490 e. The number of fused-ring (bicyclic) bond motifs is 2. The maximum Gasteiger partial charge on any atom is 0.123 e. The molecule has 2 aromatic rings. The van der Waals surface area contributed by atoms with Crippen LogP contribution in [0.5, 0.6) is 11.5 Å². The Bertz CT molecular complexity index is 727. The second kappa shape index (κ2) is 6.98. The van der Waals surface area contributed by atoms with Gasteiger partial charge in [-0.05, 0) is 72.9 Å². The van der Waals surface area contributed by atoms with Crippen LogP contribution >= 0.6 is 0 Å². The molecular weight excluding hydrogens is 320 g/mol. The fraction of sp³-hybridized carbons (Fsp3) is 0.500. The zero-order valence-electron chi connectivity index (χ0n) is 16.4. The second-order valence-electron chi connectivity index (χ2n) is 8.03. The number of hydrogen-bond acceptors (Lipinski definition) is 2. The van der Waals surface area contributed by atoms with Crippen molar-refractivity contribution in [3.05, 3.63) is 58.7 Å². The summed E-state index contributed by atoms with van der Waals surface area (Å²) in [7, 11) is 0. The molecule has 2 aliphatic rings. The van der Waals surface area contributed by atoms with Crippen molar-refractivity contribution in [2.24, 2.45) is 0 Å². The van der Waals surface area contributed by atoms with Gasteiger partial charge in [-0.3, -0.25) is 0 Å². The lowest BCUT2D eigenvalue weighted by atomic mass is 9.77. The molecule has 2 nitrogen and oxygen atoms in total. The maximum atomic E-state index is 5.89. The highest BCUT2D eigenvalue weighted by Gasteiger charge is 2.27. The highest BCUT2D eigenvalue weighted by molar-refractivity contribution is 5.45. The maximum absolute atomic E-state index is 5.89. The molecule has 2 aromatic carbocycles. The van der Waals surface area contributed by atoms with Crippen molar-refractivity contribution in [2.75, 3.05) is 0 Å². The topological polar surface area (TPSA) is 18.5 Å². The third-order valence-electron chi connectivity index (χ3n) is 6.06. The summed E-state index contributed by atoms with van der Waals surface area (Å²) < 4.78 is 11.8. The van der Waals surface area contributed by atoms with Gasteiger partial charge in [0.1, 0.15) is 23.7 Å². The molecule has 2 aliphatic heterocycles. The van der Waals surface area contributed by atoms with Crippen LogP contribution in [0, 0.1) is 0 Å². The SMILES string of the molecule is CC[C@@H](c1ccc2c(c1)C[C@@H](C)O2)[C@@H](CC)c1ccc2c(c1)C[C@H](C)O2.